The molecule has 1 atom stereocenters. The van der Waals surface area contributed by atoms with Gasteiger partial charge >= 0.3 is 5.97 Å². The first-order valence-corrected chi connectivity index (χ1v) is 12.7. The lowest BCUT2D eigenvalue weighted by atomic mass is 10.1. The Hall–Kier alpha value is -2.45. The van der Waals surface area contributed by atoms with Gasteiger partial charge in [0, 0.05) is 39.3 Å². The summed E-state index contributed by atoms with van der Waals surface area (Å²) in [4.78, 5) is 30.3. The number of anilines is 1. The summed E-state index contributed by atoms with van der Waals surface area (Å²) in [6.45, 7) is 17.2. The number of ether oxygens (including phenoxy) is 1. The lowest BCUT2D eigenvalue weighted by Gasteiger charge is -2.25. The molecule has 1 amide bonds. The molecule has 200 valence electrons. The quantitative estimate of drug-likeness (QED) is 0.207. The molecular weight excluding hydrogens is 442 g/mol. The van der Waals surface area contributed by atoms with Crippen molar-refractivity contribution in [3.63, 3.8) is 0 Å². The number of rotatable bonds is 14. The number of unbranched alkanes of at least 4 members (excludes halogenated alkanes) is 1. The van der Waals surface area contributed by atoms with E-state index in [4.69, 9.17) is 15.5 Å². The highest BCUT2D eigenvalue weighted by molar-refractivity contribution is 5.75. The molecule has 1 unspecified atom stereocenters. The molecule has 0 aromatic carbocycles. The molecule has 4 N–H and O–H groups in total. The van der Waals surface area contributed by atoms with Crippen LogP contribution in [0.25, 0.3) is 0 Å². The Morgan fingerprint density at radius 1 is 1.23 bits per heavy atom. The first kappa shape index (κ1) is 32.5. The molecule has 8 heteroatoms. The van der Waals surface area contributed by atoms with Crippen LogP contribution in [0.3, 0.4) is 0 Å². The van der Waals surface area contributed by atoms with Crippen LogP contribution in [0.5, 0.6) is 0 Å². The number of nitrogens with zero attached hydrogens (tertiary/aromatic N) is 2. The van der Waals surface area contributed by atoms with Crippen molar-refractivity contribution >= 4 is 17.7 Å². The Morgan fingerprint density at radius 3 is 2.43 bits per heavy atom. The van der Waals surface area contributed by atoms with Crippen LogP contribution in [-0.2, 0) is 27.2 Å². The average Bonchev–Trinajstić information content (AvgIpc) is 2.78. The predicted octanol–water partition coefficient (Wildman–Crippen LogP) is 3.70. The lowest BCUT2D eigenvalue weighted by Crippen LogP contribution is -2.41. The maximum atomic E-state index is 12.2. The van der Waals surface area contributed by atoms with Crippen LogP contribution < -0.4 is 16.4 Å². The highest BCUT2D eigenvalue weighted by Gasteiger charge is 2.22. The van der Waals surface area contributed by atoms with Crippen molar-refractivity contribution < 1.29 is 14.3 Å². The summed E-state index contributed by atoms with van der Waals surface area (Å²) >= 11 is 0. The van der Waals surface area contributed by atoms with E-state index in [0.29, 0.717) is 26.1 Å². The second kappa shape index (κ2) is 17.9. The number of amides is 1. The molecule has 1 aromatic rings. The van der Waals surface area contributed by atoms with Crippen LogP contribution in [0.1, 0.15) is 72.1 Å². The van der Waals surface area contributed by atoms with Crippen LogP contribution in [0.2, 0.25) is 0 Å². The summed E-state index contributed by atoms with van der Waals surface area (Å²) < 4.78 is 5.38. The zero-order chi connectivity index (χ0) is 26.9. The summed E-state index contributed by atoms with van der Waals surface area (Å²) in [5.41, 5.74) is 7.81. The van der Waals surface area contributed by atoms with Crippen LogP contribution in [0.4, 0.5) is 5.82 Å². The molecule has 1 rings (SSSR count). The van der Waals surface area contributed by atoms with E-state index in [-0.39, 0.29) is 11.9 Å². The van der Waals surface area contributed by atoms with Gasteiger partial charge in [0.25, 0.3) is 0 Å². The molecule has 0 fully saturated rings. The second-order valence-electron chi connectivity index (χ2n) is 9.53. The number of nitrogens with one attached hydrogen (secondary N) is 2. The first-order chi connectivity index (χ1) is 16.5. The van der Waals surface area contributed by atoms with Crippen molar-refractivity contribution in [2.24, 2.45) is 5.73 Å². The number of carbonyl (C=O) groups excluding carboxylic acids is 2. The number of pyridine rings is 1. The largest absolute Gasteiger partial charge is 0.459 e. The maximum absolute atomic E-state index is 12.2. The summed E-state index contributed by atoms with van der Waals surface area (Å²) in [6, 6.07) is 3.60. The van der Waals surface area contributed by atoms with Gasteiger partial charge in [-0.2, -0.15) is 0 Å². The van der Waals surface area contributed by atoms with Crippen molar-refractivity contribution in [2.45, 2.75) is 85.3 Å². The van der Waals surface area contributed by atoms with Crippen molar-refractivity contribution in [1.82, 2.24) is 15.2 Å². The number of hydrogen-bond donors (Lipinski definition) is 3. The van der Waals surface area contributed by atoms with Gasteiger partial charge in [-0.05, 0) is 78.0 Å². The summed E-state index contributed by atoms with van der Waals surface area (Å²) in [6.07, 6.45) is 6.14. The van der Waals surface area contributed by atoms with Crippen LogP contribution >= 0.6 is 0 Å². The predicted molar refractivity (Wildman–Crippen MR) is 146 cm³/mol. The molecule has 0 aliphatic heterocycles. The van der Waals surface area contributed by atoms with E-state index in [1.807, 2.05) is 34.7 Å². The van der Waals surface area contributed by atoms with Crippen molar-refractivity contribution in [2.75, 3.05) is 38.5 Å². The van der Waals surface area contributed by atoms with Crippen molar-refractivity contribution in [3.8, 4) is 0 Å². The highest BCUT2D eigenvalue weighted by Crippen LogP contribution is 2.15. The minimum atomic E-state index is -0.654. The fraction of sp³-hybridized carbons (Fsp3) is 0.667. The van der Waals surface area contributed by atoms with E-state index in [9.17, 15) is 9.59 Å². The molecule has 0 saturated heterocycles. The number of hydrogen-bond acceptors (Lipinski definition) is 7. The van der Waals surface area contributed by atoms with E-state index in [1.54, 1.807) is 6.08 Å². The molecular formula is C27H49N5O3. The molecule has 1 heterocycles. The van der Waals surface area contributed by atoms with Gasteiger partial charge in [0.15, 0.2) is 0 Å². The number of aromatic nitrogens is 1. The average molecular weight is 492 g/mol. The lowest BCUT2D eigenvalue weighted by molar-refractivity contribution is -0.156. The number of allylic oxidation sites excluding steroid dienone is 1. The SMILES string of the molecule is C=CC.CCc1ccc(CCCCN(CCNC(C)=O)CCC(N)C(=O)OC(C)(C)C)nc1NC. The molecule has 0 aliphatic rings. The Balaban J connectivity index is 0.00000365. The Bertz CT molecular complexity index is 762. The van der Waals surface area contributed by atoms with E-state index < -0.39 is 11.6 Å². The number of esters is 1. The monoisotopic (exact) mass is 491 g/mol. The van der Waals surface area contributed by atoms with Gasteiger partial charge in [-0.1, -0.05) is 19.1 Å². The number of nitrogens with two attached hydrogens (primary N) is 1. The third-order valence-corrected chi connectivity index (χ3v) is 5.08. The van der Waals surface area contributed by atoms with E-state index in [2.05, 4.69) is 41.2 Å². The van der Waals surface area contributed by atoms with Gasteiger partial charge in [-0.25, -0.2) is 4.98 Å². The summed E-state index contributed by atoms with van der Waals surface area (Å²) in [7, 11) is 1.90. The Kier molecular flexibility index (Phi) is 16.7. The van der Waals surface area contributed by atoms with E-state index in [1.165, 1.54) is 12.5 Å². The van der Waals surface area contributed by atoms with Crippen LogP contribution in [-0.4, -0.2) is 66.6 Å². The van der Waals surface area contributed by atoms with Crippen molar-refractivity contribution in [1.29, 1.82) is 0 Å². The van der Waals surface area contributed by atoms with Gasteiger partial charge in [-0.3, -0.25) is 9.59 Å². The number of aryl methyl sites for hydroxylation is 2. The maximum Gasteiger partial charge on any atom is 0.323 e. The molecule has 1 aromatic heterocycles. The fourth-order valence-corrected chi connectivity index (χ4v) is 3.35. The van der Waals surface area contributed by atoms with Crippen molar-refractivity contribution in [3.05, 3.63) is 36.0 Å². The third kappa shape index (κ3) is 16.0. The van der Waals surface area contributed by atoms with E-state index in [0.717, 1.165) is 43.7 Å². The van der Waals surface area contributed by atoms with Crippen LogP contribution in [0, 0.1) is 0 Å². The van der Waals surface area contributed by atoms with Gasteiger partial charge in [0.2, 0.25) is 5.91 Å². The van der Waals surface area contributed by atoms with E-state index >= 15 is 0 Å². The molecule has 0 bridgehead atoms. The smallest absolute Gasteiger partial charge is 0.323 e. The Labute approximate surface area is 213 Å². The topological polar surface area (TPSA) is 110 Å². The number of carbonyl (C=O) groups is 2. The zero-order valence-corrected chi connectivity index (χ0v) is 23.1. The normalized spacial score (nSPS) is 11.8. The second-order valence-corrected chi connectivity index (χ2v) is 9.53. The molecule has 8 nitrogen and oxygen atoms in total. The first-order valence-electron chi connectivity index (χ1n) is 12.7. The van der Waals surface area contributed by atoms with Gasteiger partial charge in [0.1, 0.15) is 17.5 Å². The minimum Gasteiger partial charge on any atom is -0.459 e. The minimum absolute atomic E-state index is 0.0441. The Morgan fingerprint density at radius 2 is 1.89 bits per heavy atom. The molecule has 0 aliphatic carbocycles. The molecule has 35 heavy (non-hydrogen) atoms. The highest BCUT2D eigenvalue weighted by atomic mass is 16.6. The zero-order valence-electron chi connectivity index (χ0n) is 23.1. The standard InChI is InChI=1S/C24H43N5O3.C3H6/c1-7-19-11-12-20(28-22(19)26-6)10-8-9-15-29(17-14-27-18(2)30)16-13-21(25)23(31)32-24(3,4)5;1-3-2/h11-12,21H,7-10,13-17,25H2,1-6H3,(H,26,28)(H,27,30);3H,1H2,2H3. The summed E-state index contributed by atoms with van der Waals surface area (Å²) in [5.74, 6) is 0.539. The van der Waals surface area contributed by atoms with Gasteiger partial charge in [-0.15, -0.1) is 6.58 Å². The summed E-state index contributed by atoms with van der Waals surface area (Å²) in [5, 5.41) is 6.01. The molecule has 0 radical (unpaired) electrons. The fourth-order valence-electron chi connectivity index (χ4n) is 3.35. The van der Waals surface area contributed by atoms with Crippen LogP contribution in [0.15, 0.2) is 24.8 Å². The third-order valence-electron chi connectivity index (χ3n) is 5.08. The molecule has 0 spiro atoms. The van der Waals surface area contributed by atoms with Gasteiger partial charge in [0.05, 0.1) is 0 Å². The van der Waals surface area contributed by atoms with Gasteiger partial charge < -0.3 is 26.0 Å². The molecule has 0 saturated carbocycles.